The molecule has 0 aromatic carbocycles. The molecule has 1 aliphatic carbocycles. The van der Waals surface area contributed by atoms with Crippen LogP contribution in [-0.2, 0) is 9.59 Å². The van der Waals surface area contributed by atoms with Gasteiger partial charge in [0.25, 0.3) is 0 Å². The smallest absolute Gasteiger partial charge is 0.406 e. The molecule has 24 heavy (non-hydrogen) atoms. The van der Waals surface area contributed by atoms with E-state index in [1.165, 1.54) is 6.42 Å². The second-order valence-electron chi connectivity index (χ2n) is 7.24. The first-order chi connectivity index (χ1) is 11.2. The van der Waals surface area contributed by atoms with Crippen molar-refractivity contribution in [1.29, 1.82) is 0 Å². The maximum atomic E-state index is 13.2. The van der Waals surface area contributed by atoms with Crippen molar-refractivity contribution in [2.45, 2.75) is 64.5 Å². The van der Waals surface area contributed by atoms with E-state index in [1.54, 1.807) is 0 Å². The first-order valence-electron chi connectivity index (χ1n) is 8.80. The zero-order valence-electron chi connectivity index (χ0n) is 14.1. The molecule has 0 spiro atoms. The number of carbonyl (C=O) groups excluding carboxylic acids is 1. The van der Waals surface area contributed by atoms with Crippen LogP contribution < -0.4 is 0 Å². The number of halogens is 3. The van der Waals surface area contributed by atoms with Crippen molar-refractivity contribution in [2.24, 2.45) is 17.3 Å². The Labute approximate surface area is 140 Å². The number of likely N-dealkylation sites (tertiary alicyclic amines) is 1. The molecule has 1 N–H and O–H groups in total. The number of rotatable bonds is 5. The van der Waals surface area contributed by atoms with Gasteiger partial charge in [0.2, 0.25) is 5.91 Å². The summed E-state index contributed by atoms with van der Waals surface area (Å²) < 4.78 is 39.7. The summed E-state index contributed by atoms with van der Waals surface area (Å²) in [4.78, 5) is 25.0. The van der Waals surface area contributed by atoms with Crippen molar-refractivity contribution in [2.75, 3.05) is 13.1 Å². The van der Waals surface area contributed by atoms with Gasteiger partial charge in [-0.25, -0.2) is 0 Å². The molecule has 0 aromatic heterocycles. The predicted molar refractivity (Wildman–Crippen MR) is 82.3 cm³/mol. The third-order valence-corrected chi connectivity index (χ3v) is 5.72. The molecule has 0 radical (unpaired) electrons. The number of nitrogens with zero attached hydrogens (tertiary/aromatic N) is 1. The average Bonchev–Trinajstić information content (AvgIpc) is 2.99. The van der Waals surface area contributed by atoms with Crippen LogP contribution in [0.15, 0.2) is 0 Å². The van der Waals surface area contributed by atoms with Gasteiger partial charge in [-0.3, -0.25) is 9.59 Å². The van der Waals surface area contributed by atoms with Crippen LogP contribution in [0.25, 0.3) is 0 Å². The molecule has 0 bridgehead atoms. The average molecular weight is 349 g/mol. The molecule has 2 atom stereocenters. The first-order valence-corrected chi connectivity index (χ1v) is 8.80. The summed E-state index contributed by atoms with van der Waals surface area (Å²) in [6.45, 7) is 0.979. The monoisotopic (exact) mass is 349 g/mol. The third kappa shape index (κ3) is 3.70. The predicted octanol–water partition coefficient (Wildman–Crippen LogP) is 3.85. The lowest BCUT2D eigenvalue weighted by molar-refractivity contribution is -0.227. The Morgan fingerprint density at radius 2 is 1.88 bits per heavy atom. The summed E-state index contributed by atoms with van der Waals surface area (Å²) in [6.07, 6.45) is 1.54. The zero-order chi connectivity index (χ0) is 18.0. The molecule has 2 rings (SSSR count). The molecule has 2 unspecified atom stereocenters. The summed E-state index contributed by atoms with van der Waals surface area (Å²) in [5.41, 5.74) is -2.81. The van der Waals surface area contributed by atoms with E-state index in [0.717, 1.165) is 30.6 Å². The molecule has 1 saturated heterocycles. The summed E-state index contributed by atoms with van der Waals surface area (Å²) in [5, 5.41) is 9.10. The minimum Gasteiger partial charge on any atom is -0.481 e. The minimum absolute atomic E-state index is 0.133. The van der Waals surface area contributed by atoms with Crippen molar-refractivity contribution in [1.82, 2.24) is 4.90 Å². The molecule has 2 aliphatic rings. The van der Waals surface area contributed by atoms with Crippen LogP contribution in [0.5, 0.6) is 0 Å². The van der Waals surface area contributed by atoms with Crippen molar-refractivity contribution in [3.05, 3.63) is 0 Å². The van der Waals surface area contributed by atoms with E-state index in [2.05, 4.69) is 0 Å². The van der Waals surface area contributed by atoms with E-state index in [-0.39, 0.29) is 18.4 Å². The van der Waals surface area contributed by atoms with Crippen molar-refractivity contribution in [3.8, 4) is 0 Å². The Morgan fingerprint density at radius 3 is 2.33 bits per heavy atom. The van der Waals surface area contributed by atoms with Crippen molar-refractivity contribution < 1.29 is 27.9 Å². The summed E-state index contributed by atoms with van der Waals surface area (Å²) in [5.74, 6) is -2.03. The van der Waals surface area contributed by atoms with Crippen LogP contribution in [0.4, 0.5) is 13.2 Å². The number of hydrogen-bond donors (Lipinski definition) is 1. The Kier molecular flexibility index (Phi) is 5.81. The van der Waals surface area contributed by atoms with Crippen LogP contribution in [-0.4, -0.2) is 41.1 Å². The highest BCUT2D eigenvalue weighted by Gasteiger charge is 2.64. The van der Waals surface area contributed by atoms with E-state index in [4.69, 9.17) is 5.11 Å². The number of alkyl halides is 3. The summed E-state index contributed by atoms with van der Waals surface area (Å²) in [7, 11) is 0. The number of carbonyl (C=O) groups is 2. The zero-order valence-corrected chi connectivity index (χ0v) is 14.1. The Morgan fingerprint density at radius 1 is 1.25 bits per heavy atom. The molecule has 138 valence electrons. The number of hydrogen-bond acceptors (Lipinski definition) is 2. The maximum Gasteiger partial charge on any atom is 0.406 e. The fourth-order valence-electron chi connectivity index (χ4n) is 4.05. The normalized spacial score (nSPS) is 27.2. The SMILES string of the molecule is CCC(CC1CCCCC1)C(=O)N1CCC(C(=O)O)(C(F)(F)F)C1. The van der Waals surface area contributed by atoms with Crippen LogP contribution in [0.2, 0.25) is 0 Å². The standard InChI is InChI=1S/C17H26F3NO3/c1-2-13(10-12-6-4-3-5-7-12)14(22)21-9-8-16(11-21,15(23)24)17(18,19)20/h12-13H,2-11H2,1H3,(H,23,24). The quantitative estimate of drug-likeness (QED) is 0.820. The molecule has 1 heterocycles. The van der Waals surface area contributed by atoms with Gasteiger partial charge in [-0.15, -0.1) is 0 Å². The van der Waals surface area contributed by atoms with Crippen LogP contribution in [0.1, 0.15) is 58.3 Å². The van der Waals surface area contributed by atoms with Crippen LogP contribution in [0.3, 0.4) is 0 Å². The Hall–Kier alpha value is -1.27. The lowest BCUT2D eigenvalue weighted by Crippen LogP contribution is -2.48. The van der Waals surface area contributed by atoms with Gasteiger partial charge in [-0.05, 0) is 25.2 Å². The number of amides is 1. The lowest BCUT2D eigenvalue weighted by Gasteiger charge is -2.30. The highest BCUT2D eigenvalue weighted by atomic mass is 19.4. The van der Waals surface area contributed by atoms with E-state index >= 15 is 0 Å². The van der Waals surface area contributed by atoms with E-state index in [9.17, 15) is 22.8 Å². The van der Waals surface area contributed by atoms with Gasteiger partial charge in [0, 0.05) is 19.0 Å². The first kappa shape index (κ1) is 19.1. The van der Waals surface area contributed by atoms with Crippen molar-refractivity contribution >= 4 is 11.9 Å². The van der Waals surface area contributed by atoms with Crippen LogP contribution >= 0.6 is 0 Å². The van der Waals surface area contributed by atoms with Gasteiger partial charge in [0.1, 0.15) is 0 Å². The molecule has 4 nitrogen and oxygen atoms in total. The van der Waals surface area contributed by atoms with E-state index < -0.39 is 30.5 Å². The lowest BCUT2D eigenvalue weighted by atomic mass is 9.81. The molecular formula is C17H26F3NO3. The number of carboxylic acid groups (broad SMARTS) is 1. The van der Waals surface area contributed by atoms with Gasteiger partial charge in [0.05, 0.1) is 0 Å². The van der Waals surface area contributed by atoms with E-state index in [1.807, 2.05) is 6.92 Å². The number of carboxylic acids is 1. The van der Waals surface area contributed by atoms with Crippen molar-refractivity contribution in [3.63, 3.8) is 0 Å². The second kappa shape index (κ2) is 7.31. The fraction of sp³-hybridized carbons (Fsp3) is 0.882. The third-order valence-electron chi connectivity index (χ3n) is 5.72. The number of aliphatic carboxylic acids is 1. The van der Waals surface area contributed by atoms with Crippen LogP contribution in [0, 0.1) is 17.3 Å². The largest absolute Gasteiger partial charge is 0.481 e. The minimum atomic E-state index is -4.85. The Balaban J connectivity index is 2.04. The summed E-state index contributed by atoms with van der Waals surface area (Å²) >= 11 is 0. The van der Waals surface area contributed by atoms with Gasteiger partial charge in [-0.1, -0.05) is 39.0 Å². The molecule has 1 amide bonds. The highest BCUT2D eigenvalue weighted by molar-refractivity contribution is 5.82. The van der Waals surface area contributed by atoms with Gasteiger partial charge in [-0.2, -0.15) is 13.2 Å². The molecule has 1 saturated carbocycles. The molecular weight excluding hydrogens is 323 g/mol. The molecule has 7 heteroatoms. The van der Waals surface area contributed by atoms with Gasteiger partial charge in [0.15, 0.2) is 5.41 Å². The molecule has 1 aliphatic heterocycles. The van der Waals surface area contributed by atoms with E-state index in [0.29, 0.717) is 18.8 Å². The fourth-order valence-corrected chi connectivity index (χ4v) is 4.05. The molecule has 2 fully saturated rings. The highest BCUT2D eigenvalue weighted by Crippen LogP contribution is 2.46. The molecule has 0 aromatic rings. The Bertz CT molecular complexity index is 474. The van der Waals surface area contributed by atoms with Gasteiger partial charge < -0.3 is 10.0 Å². The second-order valence-corrected chi connectivity index (χ2v) is 7.24. The van der Waals surface area contributed by atoms with Gasteiger partial charge >= 0.3 is 12.1 Å². The summed E-state index contributed by atoms with van der Waals surface area (Å²) in [6, 6.07) is 0. The maximum absolute atomic E-state index is 13.2. The topological polar surface area (TPSA) is 57.6 Å².